The van der Waals surface area contributed by atoms with E-state index in [0.717, 1.165) is 17.6 Å². The molecule has 1 saturated heterocycles. The van der Waals surface area contributed by atoms with Crippen molar-refractivity contribution in [2.24, 2.45) is 0 Å². The van der Waals surface area contributed by atoms with Crippen LogP contribution in [0.4, 0.5) is 0 Å². The highest BCUT2D eigenvalue weighted by molar-refractivity contribution is 9.10. The minimum Gasteiger partial charge on any atom is -0.484 e. The molecule has 1 amide bonds. The number of nitrogens with zero attached hydrogens (tertiary/aromatic N) is 1. The molecule has 0 aromatic heterocycles. The summed E-state index contributed by atoms with van der Waals surface area (Å²) in [4.78, 5) is 14.0. The lowest BCUT2D eigenvalue weighted by molar-refractivity contribution is -0.135. The van der Waals surface area contributed by atoms with Crippen LogP contribution < -0.4 is 10.1 Å². The summed E-state index contributed by atoms with van der Waals surface area (Å²) in [6.07, 6.45) is 0. The Kier molecular flexibility index (Phi) is 4.82. The van der Waals surface area contributed by atoms with Crippen LogP contribution in [0.5, 0.6) is 5.75 Å². The van der Waals surface area contributed by atoms with Gasteiger partial charge in [-0.25, -0.2) is 0 Å². The van der Waals surface area contributed by atoms with Crippen molar-refractivity contribution in [3.8, 4) is 5.75 Å². The van der Waals surface area contributed by atoms with Crippen LogP contribution in [-0.4, -0.2) is 42.6 Å². The van der Waals surface area contributed by atoms with Crippen LogP contribution in [0.15, 0.2) is 28.7 Å². The normalized spacial score (nSPS) is 23.2. The number of benzene rings is 1. The Morgan fingerprint density at radius 3 is 2.74 bits per heavy atom. The van der Waals surface area contributed by atoms with Gasteiger partial charge < -0.3 is 15.0 Å². The maximum Gasteiger partial charge on any atom is 0.260 e. The van der Waals surface area contributed by atoms with Gasteiger partial charge in [-0.15, -0.1) is 0 Å². The molecule has 0 aliphatic carbocycles. The molecule has 0 spiro atoms. The molecule has 5 heteroatoms. The van der Waals surface area contributed by atoms with E-state index in [-0.39, 0.29) is 12.5 Å². The predicted molar refractivity (Wildman–Crippen MR) is 78.3 cm³/mol. The third-order valence-electron chi connectivity index (χ3n) is 3.07. The molecular formula is C14H19BrN2O2. The summed E-state index contributed by atoms with van der Waals surface area (Å²) in [6.45, 7) is 5.75. The molecule has 1 N–H and O–H groups in total. The summed E-state index contributed by atoms with van der Waals surface area (Å²) in [6, 6.07) is 8.18. The van der Waals surface area contributed by atoms with E-state index < -0.39 is 0 Å². The fourth-order valence-electron chi connectivity index (χ4n) is 2.32. The van der Waals surface area contributed by atoms with E-state index in [4.69, 9.17) is 4.74 Å². The zero-order valence-corrected chi connectivity index (χ0v) is 12.8. The van der Waals surface area contributed by atoms with Crippen LogP contribution in [0.1, 0.15) is 13.8 Å². The molecule has 0 radical (unpaired) electrons. The van der Waals surface area contributed by atoms with Gasteiger partial charge in [0.05, 0.1) is 0 Å². The van der Waals surface area contributed by atoms with Gasteiger partial charge in [-0.1, -0.05) is 22.0 Å². The standard InChI is InChI=1S/C14H19BrN2O2/c1-10-7-17(8-11(2)16-10)14(18)9-19-13-5-3-4-12(15)6-13/h3-6,10-11,16H,7-9H2,1-2H3/t10-,11-/m1/s1. The molecule has 4 nitrogen and oxygen atoms in total. The van der Waals surface area contributed by atoms with Gasteiger partial charge in [0.1, 0.15) is 5.75 Å². The highest BCUT2D eigenvalue weighted by Gasteiger charge is 2.24. The fourth-order valence-corrected chi connectivity index (χ4v) is 2.70. The lowest BCUT2D eigenvalue weighted by atomic mass is 10.1. The first-order chi connectivity index (χ1) is 9.04. The monoisotopic (exact) mass is 326 g/mol. The van der Waals surface area contributed by atoms with E-state index in [0.29, 0.717) is 17.8 Å². The second kappa shape index (κ2) is 6.39. The maximum absolute atomic E-state index is 12.1. The Hall–Kier alpha value is -1.07. The Morgan fingerprint density at radius 1 is 1.42 bits per heavy atom. The second-order valence-corrected chi connectivity index (χ2v) is 5.93. The quantitative estimate of drug-likeness (QED) is 0.924. The van der Waals surface area contributed by atoms with Crippen LogP contribution in [0, 0.1) is 0 Å². The minimum absolute atomic E-state index is 0.0418. The lowest BCUT2D eigenvalue weighted by Crippen LogP contribution is -2.56. The van der Waals surface area contributed by atoms with Gasteiger partial charge in [0.15, 0.2) is 6.61 Å². The molecule has 0 unspecified atom stereocenters. The Bertz CT molecular complexity index is 443. The lowest BCUT2D eigenvalue weighted by Gasteiger charge is -2.36. The van der Waals surface area contributed by atoms with Gasteiger partial charge in [-0.2, -0.15) is 0 Å². The summed E-state index contributed by atoms with van der Waals surface area (Å²) >= 11 is 3.38. The summed E-state index contributed by atoms with van der Waals surface area (Å²) in [5, 5.41) is 3.40. The molecule has 1 aliphatic heterocycles. The first-order valence-electron chi connectivity index (χ1n) is 6.47. The summed E-state index contributed by atoms with van der Waals surface area (Å²) in [7, 11) is 0. The number of nitrogens with one attached hydrogen (secondary N) is 1. The number of hydrogen-bond acceptors (Lipinski definition) is 3. The number of ether oxygens (including phenoxy) is 1. The highest BCUT2D eigenvalue weighted by Crippen LogP contribution is 2.17. The molecule has 0 saturated carbocycles. The molecule has 104 valence electrons. The summed E-state index contributed by atoms with van der Waals surface area (Å²) in [5.74, 6) is 0.749. The predicted octanol–water partition coefficient (Wildman–Crippen LogP) is 2.04. The zero-order valence-electron chi connectivity index (χ0n) is 11.2. The van der Waals surface area contributed by atoms with E-state index in [1.807, 2.05) is 29.2 Å². The van der Waals surface area contributed by atoms with Gasteiger partial charge in [-0.3, -0.25) is 4.79 Å². The van der Waals surface area contributed by atoms with Crippen LogP contribution in [0.25, 0.3) is 0 Å². The van der Waals surface area contributed by atoms with Gasteiger partial charge in [0, 0.05) is 29.6 Å². The first-order valence-corrected chi connectivity index (χ1v) is 7.26. The average molecular weight is 327 g/mol. The molecule has 1 aromatic rings. The van der Waals surface area contributed by atoms with Crippen molar-refractivity contribution in [2.45, 2.75) is 25.9 Å². The molecule has 2 rings (SSSR count). The number of rotatable bonds is 3. The SMILES string of the molecule is C[C@@H]1CN(C(=O)COc2cccc(Br)c2)C[C@@H](C)N1. The molecular weight excluding hydrogens is 308 g/mol. The van der Waals surface area contributed by atoms with Crippen LogP contribution in [0.2, 0.25) is 0 Å². The van der Waals surface area contributed by atoms with E-state index in [1.165, 1.54) is 0 Å². The number of carbonyl (C=O) groups excluding carboxylic acids is 1. The van der Waals surface area contributed by atoms with Gasteiger partial charge in [0.25, 0.3) is 5.91 Å². The van der Waals surface area contributed by atoms with E-state index in [1.54, 1.807) is 0 Å². The molecule has 1 heterocycles. The topological polar surface area (TPSA) is 41.6 Å². The molecule has 2 atom stereocenters. The van der Waals surface area contributed by atoms with Crippen molar-refractivity contribution >= 4 is 21.8 Å². The fraction of sp³-hybridized carbons (Fsp3) is 0.500. The smallest absolute Gasteiger partial charge is 0.260 e. The number of halogens is 1. The number of hydrogen-bond donors (Lipinski definition) is 1. The third kappa shape index (κ3) is 4.21. The number of carbonyl (C=O) groups is 1. The van der Waals surface area contributed by atoms with Crippen LogP contribution >= 0.6 is 15.9 Å². The Morgan fingerprint density at radius 2 is 2.11 bits per heavy atom. The molecule has 1 aliphatic rings. The zero-order chi connectivity index (χ0) is 13.8. The van der Waals surface area contributed by atoms with Crippen molar-refractivity contribution in [3.05, 3.63) is 28.7 Å². The molecule has 1 aromatic carbocycles. The van der Waals surface area contributed by atoms with E-state index in [2.05, 4.69) is 35.1 Å². The van der Waals surface area contributed by atoms with Gasteiger partial charge >= 0.3 is 0 Å². The third-order valence-corrected chi connectivity index (χ3v) is 3.56. The number of piperazine rings is 1. The van der Waals surface area contributed by atoms with E-state index >= 15 is 0 Å². The summed E-state index contributed by atoms with van der Waals surface area (Å²) in [5.41, 5.74) is 0. The first kappa shape index (κ1) is 14.3. The number of amides is 1. The van der Waals surface area contributed by atoms with Crippen molar-refractivity contribution in [1.82, 2.24) is 10.2 Å². The molecule has 19 heavy (non-hydrogen) atoms. The van der Waals surface area contributed by atoms with Crippen LogP contribution in [0.3, 0.4) is 0 Å². The molecule has 0 bridgehead atoms. The largest absolute Gasteiger partial charge is 0.484 e. The average Bonchev–Trinajstić information content (AvgIpc) is 2.35. The van der Waals surface area contributed by atoms with Crippen molar-refractivity contribution in [3.63, 3.8) is 0 Å². The Labute approximate surface area is 122 Å². The van der Waals surface area contributed by atoms with Gasteiger partial charge in [0.2, 0.25) is 0 Å². The van der Waals surface area contributed by atoms with Crippen molar-refractivity contribution < 1.29 is 9.53 Å². The van der Waals surface area contributed by atoms with Crippen LogP contribution in [-0.2, 0) is 4.79 Å². The van der Waals surface area contributed by atoms with E-state index in [9.17, 15) is 4.79 Å². The Balaban J connectivity index is 1.87. The molecule has 1 fully saturated rings. The second-order valence-electron chi connectivity index (χ2n) is 5.01. The van der Waals surface area contributed by atoms with Crippen molar-refractivity contribution in [2.75, 3.05) is 19.7 Å². The van der Waals surface area contributed by atoms with Crippen molar-refractivity contribution in [1.29, 1.82) is 0 Å². The minimum atomic E-state index is 0.0418. The summed E-state index contributed by atoms with van der Waals surface area (Å²) < 4.78 is 6.48. The maximum atomic E-state index is 12.1. The highest BCUT2D eigenvalue weighted by atomic mass is 79.9. The van der Waals surface area contributed by atoms with Gasteiger partial charge in [-0.05, 0) is 32.0 Å².